The van der Waals surface area contributed by atoms with Crippen LogP contribution in [0.1, 0.15) is 60.3 Å². The molecule has 2 fully saturated rings. The standard InChI is InChI=1S/C18H32N2O4/c1-13-12-20(10-11-23-13)15(21)18(5)9-7-6-8-14(18)19-16(22)24-17(2,3)4/h13-14H,6-12H2,1-5H3,(H,19,22). The predicted molar refractivity (Wildman–Crippen MR) is 91.7 cm³/mol. The Morgan fingerprint density at radius 2 is 2.00 bits per heavy atom. The number of alkyl carbamates (subject to hydrolysis) is 1. The van der Waals surface area contributed by atoms with Gasteiger partial charge in [0.1, 0.15) is 5.60 Å². The van der Waals surface area contributed by atoms with E-state index in [1.165, 1.54) is 0 Å². The van der Waals surface area contributed by atoms with Crippen molar-refractivity contribution in [1.82, 2.24) is 10.2 Å². The molecule has 2 rings (SSSR count). The normalized spacial score (nSPS) is 31.5. The van der Waals surface area contributed by atoms with Crippen LogP contribution in [-0.4, -0.2) is 54.3 Å². The fourth-order valence-corrected chi connectivity index (χ4v) is 3.63. The summed E-state index contributed by atoms with van der Waals surface area (Å²) in [6.07, 6.45) is 3.24. The van der Waals surface area contributed by atoms with Crippen molar-refractivity contribution in [3.8, 4) is 0 Å². The van der Waals surface area contributed by atoms with E-state index < -0.39 is 17.1 Å². The number of hydrogen-bond acceptors (Lipinski definition) is 4. The molecule has 3 atom stereocenters. The molecule has 1 aliphatic heterocycles. The summed E-state index contributed by atoms with van der Waals surface area (Å²) in [6, 6.07) is -0.188. The molecule has 1 saturated heterocycles. The van der Waals surface area contributed by atoms with Gasteiger partial charge in [-0.15, -0.1) is 0 Å². The molecule has 1 aliphatic carbocycles. The van der Waals surface area contributed by atoms with Crippen LogP contribution in [0.25, 0.3) is 0 Å². The maximum absolute atomic E-state index is 13.2. The SMILES string of the molecule is CC1CN(C(=O)C2(C)CCCCC2NC(=O)OC(C)(C)C)CCO1. The average Bonchev–Trinajstić information content (AvgIpc) is 2.47. The third kappa shape index (κ3) is 4.62. The predicted octanol–water partition coefficient (Wildman–Crippen LogP) is 2.71. The van der Waals surface area contributed by atoms with E-state index in [1.54, 1.807) is 0 Å². The first-order valence-corrected chi connectivity index (χ1v) is 9.02. The summed E-state index contributed by atoms with van der Waals surface area (Å²) in [5, 5.41) is 2.96. The Balaban J connectivity index is 2.08. The maximum atomic E-state index is 13.2. The van der Waals surface area contributed by atoms with Crippen molar-refractivity contribution in [3.05, 3.63) is 0 Å². The smallest absolute Gasteiger partial charge is 0.407 e. The van der Waals surface area contributed by atoms with Crippen LogP contribution >= 0.6 is 0 Å². The summed E-state index contributed by atoms with van der Waals surface area (Å²) < 4.78 is 10.9. The molecule has 2 amide bonds. The topological polar surface area (TPSA) is 67.9 Å². The minimum atomic E-state index is -0.577. The minimum absolute atomic E-state index is 0.0622. The van der Waals surface area contributed by atoms with E-state index in [9.17, 15) is 9.59 Å². The van der Waals surface area contributed by atoms with E-state index in [-0.39, 0.29) is 18.1 Å². The van der Waals surface area contributed by atoms with Crippen LogP contribution in [0.3, 0.4) is 0 Å². The summed E-state index contributed by atoms with van der Waals surface area (Å²) >= 11 is 0. The molecule has 6 nitrogen and oxygen atoms in total. The number of nitrogens with zero attached hydrogens (tertiary/aromatic N) is 1. The van der Waals surface area contributed by atoms with Gasteiger partial charge >= 0.3 is 6.09 Å². The zero-order valence-electron chi connectivity index (χ0n) is 15.7. The molecular formula is C18H32N2O4. The van der Waals surface area contributed by atoms with Crippen LogP contribution < -0.4 is 5.32 Å². The lowest BCUT2D eigenvalue weighted by Crippen LogP contribution is -2.59. The lowest BCUT2D eigenvalue weighted by atomic mass is 9.70. The van der Waals surface area contributed by atoms with Gasteiger partial charge in [0.25, 0.3) is 0 Å². The van der Waals surface area contributed by atoms with Crippen molar-refractivity contribution in [2.45, 2.75) is 78.0 Å². The second kappa shape index (κ2) is 7.30. The lowest BCUT2D eigenvalue weighted by molar-refractivity contribution is -0.151. The van der Waals surface area contributed by atoms with Gasteiger partial charge in [-0.25, -0.2) is 4.79 Å². The molecule has 3 unspecified atom stereocenters. The Morgan fingerprint density at radius 1 is 1.29 bits per heavy atom. The molecule has 138 valence electrons. The van der Waals surface area contributed by atoms with Gasteiger partial charge in [0.2, 0.25) is 5.91 Å². The molecule has 0 aromatic rings. The fraction of sp³-hybridized carbons (Fsp3) is 0.889. The van der Waals surface area contributed by atoms with Crippen LogP contribution in [0, 0.1) is 5.41 Å². The second-order valence-electron chi connectivity index (χ2n) is 8.29. The maximum Gasteiger partial charge on any atom is 0.407 e. The molecule has 2 aliphatic rings. The Hall–Kier alpha value is -1.30. The van der Waals surface area contributed by atoms with E-state index in [2.05, 4.69) is 5.32 Å². The van der Waals surface area contributed by atoms with Crippen molar-refractivity contribution in [3.63, 3.8) is 0 Å². The van der Waals surface area contributed by atoms with Crippen molar-refractivity contribution in [1.29, 1.82) is 0 Å². The highest BCUT2D eigenvalue weighted by Crippen LogP contribution is 2.38. The second-order valence-corrected chi connectivity index (χ2v) is 8.29. The number of nitrogens with one attached hydrogen (secondary N) is 1. The highest BCUT2D eigenvalue weighted by molar-refractivity contribution is 5.84. The third-order valence-corrected chi connectivity index (χ3v) is 4.92. The molecule has 0 spiro atoms. The highest BCUT2D eigenvalue weighted by Gasteiger charge is 2.46. The molecular weight excluding hydrogens is 308 g/mol. The summed E-state index contributed by atoms with van der Waals surface area (Å²) in [7, 11) is 0. The van der Waals surface area contributed by atoms with Crippen LogP contribution in [0.15, 0.2) is 0 Å². The highest BCUT2D eigenvalue weighted by atomic mass is 16.6. The Morgan fingerprint density at radius 3 is 2.62 bits per heavy atom. The number of carbonyl (C=O) groups is 2. The summed E-state index contributed by atoms with van der Waals surface area (Å²) in [6.45, 7) is 11.3. The molecule has 1 saturated carbocycles. The van der Waals surface area contributed by atoms with Gasteiger partial charge in [-0.2, -0.15) is 0 Å². The molecule has 0 aromatic carbocycles. The Bertz CT molecular complexity index is 474. The molecule has 24 heavy (non-hydrogen) atoms. The molecule has 1 heterocycles. The van der Waals surface area contributed by atoms with Crippen LogP contribution in [0.5, 0.6) is 0 Å². The summed E-state index contributed by atoms with van der Waals surface area (Å²) in [5.41, 5.74) is -1.12. The molecule has 0 radical (unpaired) electrons. The first-order chi connectivity index (χ1) is 11.1. The number of carbonyl (C=O) groups excluding carboxylic acids is 2. The summed E-state index contributed by atoms with van der Waals surface area (Å²) in [4.78, 5) is 27.3. The molecule has 1 N–H and O–H groups in total. The number of amides is 2. The third-order valence-electron chi connectivity index (χ3n) is 4.92. The minimum Gasteiger partial charge on any atom is -0.444 e. The van der Waals surface area contributed by atoms with Gasteiger partial charge in [-0.3, -0.25) is 4.79 Å². The lowest BCUT2D eigenvalue weighted by Gasteiger charge is -2.44. The van der Waals surface area contributed by atoms with Gasteiger partial charge in [0, 0.05) is 19.1 Å². The zero-order valence-corrected chi connectivity index (χ0v) is 15.7. The largest absolute Gasteiger partial charge is 0.444 e. The van der Waals surface area contributed by atoms with Crippen LogP contribution in [0.2, 0.25) is 0 Å². The van der Waals surface area contributed by atoms with Crippen molar-refractivity contribution >= 4 is 12.0 Å². The van der Waals surface area contributed by atoms with Gasteiger partial charge < -0.3 is 19.7 Å². The number of hydrogen-bond donors (Lipinski definition) is 1. The Kier molecular flexibility index (Phi) is 5.78. The van der Waals surface area contributed by atoms with Gasteiger partial charge in [0.05, 0.1) is 18.1 Å². The number of ether oxygens (including phenoxy) is 2. The fourth-order valence-electron chi connectivity index (χ4n) is 3.63. The van der Waals surface area contributed by atoms with E-state index in [1.807, 2.05) is 39.5 Å². The molecule has 0 aromatic heterocycles. The van der Waals surface area contributed by atoms with E-state index in [4.69, 9.17) is 9.47 Å². The number of morpholine rings is 1. The molecule has 6 heteroatoms. The monoisotopic (exact) mass is 340 g/mol. The van der Waals surface area contributed by atoms with Crippen LogP contribution in [-0.2, 0) is 14.3 Å². The van der Waals surface area contributed by atoms with Gasteiger partial charge in [-0.05, 0) is 47.5 Å². The first-order valence-electron chi connectivity index (χ1n) is 9.02. The quantitative estimate of drug-likeness (QED) is 0.839. The van der Waals surface area contributed by atoms with Gasteiger partial charge in [-0.1, -0.05) is 12.8 Å². The van der Waals surface area contributed by atoms with E-state index >= 15 is 0 Å². The Labute approximate surface area is 145 Å². The first kappa shape index (κ1) is 19.0. The zero-order chi connectivity index (χ0) is 18.0. The van der Waals surface area contributed by atoms with Crippen molar-refractivity contribution in [2.75, 3.05) is 19.7 Å². The van der Waals surface area contributed by atoms with Crippen LogP contribution in [0.4, 0.5) is 4.79 Å². The summed E-state index contributed by atoms with van der Waals surface area (Å²) in [5.74, 6) is 0.124. The van der Waals surface area contributed by atoms with E-state index in [0.717, 1.165) is 25.7 Å². The average molecular weight is 340 g/mol. The van der Waals surface area contributed by atoms with Crippen molar-refractivity contribution < 1.29 is 19.1 Å². The van der Waals surface area contributed by atoms with Crippen molar-refractivity contribution in [2.24, 2.45) is 5.41 Å². The van der Waals surface area contributed by atoms with Gasteiger partial charge in [0.15, 0.2) is 0 Å². The molecule has 0 bridgehead atoms. The number of rotatable bonds is 2. The van der Waals surface area contributed by atoms with E-state index in [0.29, 0.717) is 19.7 Å².